The van der Waals surface area contributed by atoms with E-state index in [2.05, 4.69) is 5.32 Å². The summed E-state index contributed by atoms with van der Waals surface area (Å²) in [6.45, 7) is 4.85. The molecule has 1 saturated heterocycles. The average Bonchev–Trinajstić information content (AvgIpc) is 3.41. The molecule has 2 amide bonds. The standard InChI is InChI=1S/C23H27N3O4S/c1-16-5-7-18(8-6-16)15-24-23(28)22-14-19-13-20(9-10-21(19)26(22)17(2)27)31(29,30)25-11-3-4-12-25/h5-10,13,22H,3-4,11-12,14-15H2,1-2H3,(H,24,28)/t22-/m0/s1. The number of hydrogen-bond donors (Lipinski definition) is 1. The fraction of sp³-hybridized carbons (Fsp3) is 0.391. The van der Waals surface area contributed by atoms with E-state index in [1.807, 2.05) is 31.2 Å². The molecule has 2 heterocycles. The monoisotopic (exact) mass is 441 g/mol. The lowest BCUT2D eigenvalue weighted by atomic mass is 10.1. The number of carbonyl (C=O) groups excluding carboxylic acids is 2. The minimum atomic E-state index is -3.56. The van der Waals surface area contributed by atoms with Crippen LogP contribution in [-0.2, 0) is 32.6 Å². The normalized spacial score (nSPS) is 18.8. The Morgan fingerprint density at radius 2 is 1.74 bits per heavy atom. The molecule has 2 aliphatic heterocycles. The molecular weight excluding hydrogens is 414 g/mol. The van der Waals surface area contributed by atoms with Gasteiger partial charge in [0.2, 0.25) is 21.8 Å². The highest BCUT2D eigenvalue weighted by atomic mass is 32.2. The second kappa shape index (κ2) is 8.43. The molecule has 1 atom stereocenters. The van der Waals surface area contributed by atoms with Crippen LogP contribution in [0.5, 0.6) is 0 Å². The lowest BCUT2D eigenvalue weighted by Crippen LogP contribution is -2.47. The highest BCUT2D eigenvalue weighted by Gasteiger charge is 2.38. The molecule has 0 spiro atoms. The van der Waals surface area contributed by atoms with Crippen molar-refractivity contribution < 1.29 is 18.0 Å². The first-order valence-electron chi connectivity index (χ1n) is 10.5. The van der Waals surface area contributed by atoms with Gasteiger partial charge in [0, 0.05) is 38.7 Å². The number of amides is 2. The number of nitrogens with one attached hydrogen (secondary N) is 1. The third-order valence-corrected chi connectivity index (χ3v) is 7.86. The quantitative estimate of drug-likeness (QED) is 0.772. The van der Waals surface area contributed by atoms with Gasteiger partial charge in [-0.2, -0.15) is 4.31 Å². The summed E-state index contributed by atoms with van der Waals surface area (Å²) in [4.78, 5) is 27.0. The first-order valence-corrected chi connectivity index (χ1v) is 12.0. The van der Waals surface area contributed by atoms with E-state index in [-0.39, 0.29) is 23.1 Å². The van der Waals surface area contributed by atoms with Crippen molar-refractivity contribution in [2.24, 2.45) is 0 Å². The van der Waals surface area contributed by atoms with Gasteiger partial charge in [-0.3, -0.25) is 14.5 Å². The molecule has 2 aromatic carbocycles. The van der Waals surface area contributed by atoms with E-state index in [9.17, 15) is 18.0 Å². The number of nitrogens with zero attached hydrogens (tertiary/aromatic N) is 2. The van der Waals surface area contributed by atoms with Crippen LogP contribution in [0.3, 0.4) is 0 Å². The molecule has 31 heavy (non-hydrogen) atoms. The van der Waals surface area contributed by atoms with Gasteiger partial charge in [0.25, 0.3) is 0 Å². The molecule has 1 fully saturated rings. The summed E-state index contributed by atoms with van der Waals surface area (Å²) in [6, 6.07) is 12.0. The van der Waals surface area contributed by atoms with Crippen LogP contribution in [0.4, 0.5) is 5.69 Å². The van der Waals surface area contributed by atoms with E-state index in [1.165, 1.54) is 22.2 Å². The number of carbonyl (C=O) groups is 2. The van der Waals surface area contributed by atoms with Crippen LogP contribution in [0.1, 0.15) is 36.5 Å². The van der Waals surface area contributed by atoms with Crippen molar-refractivity contribution >= 4 is 27.5 Å². The Morgan fingerprint density at radius 1 is 1.06 bits per heavy atom. The van der Waals surface area contributed by atoms with Crippen molar-refractivity contribution in [2.75, 3.05) is 18.0 Å². The molecule has 1 N–H and O–H groups in total. The Morgan fingerprint density at radius 3 is 2.39 bits per heavy atom. The molecule has 4 rings (SSSR count). The maximum absolute atomic E-state index is 12.9. The fourth-order valence-corrected chi connectivity index (χ4v) is 5.85. The summed E-state index contributed by atoms with van der Waals surface area (Å²) in [5.41, 5.74) is 3.42. The Hall–Kier alpha value is -2.71. The topological polar surface area (TPSA) is 86.8 Å². The van der Waals surface area contributed by atoms with E-state index in [1.54, 1.807) is 12.1 Å². The number of sulfonamides is 1. The molecule has 7 nitrogen and oxygen atoms in total. The van der Waals surface area contributed by atoms with Crippen LogP contribution in [0.15, 0.2) is 47.4 Å². The van der Waals surface area contributed by atoms with Crippen molar-refractivity contribution in [3.05, 3.63) is 59.2 Å². The Balaban J connectivity index is 1.54. The van der Waals surface area contributed by atoms with E-state index in [4.69, 9.17) is 0 Å². The predicted molar refractivity (Wildman–Crippen MR) is 118 cm³/mol. The Kier molecular flexibility index (Phi) is 5.85. The second-order valence-electron chi connectivity index (χ2n) is 8.21. The second-order valence-corrected chi connectivity index (χ2v) is 10.2. The molecule has 2 aromatic rings. The summed E-state index contributed by atoms with van der Waals surface area (Å²) >= 11 is 0. The van der Waals surface area contributed by atoms with Gasteiger partial charge in [0.15, 0.2) is 0 Å². The largest absolute Gasteiger partial charge is 0.350 e. The van der Waals surface area contributed by atoms with Gasteiger partial charge in [0.05, 0.1) is 4.90 Å². The SMILES string of the molecule is CC(=O)N1c2ccc(S(=O)(=O)N3CCCC3)cc2C[C@H]1C(=O)NCc1ccc(C)cc1. The highest BCUT2D eigenvalue weighted by Crippen LogP contribution is 2.35. The molecular formula is C23H27N3O4S. The molecule has 0 radical (unpaired) electrons. The predicted octanol–water partition coefficient (Wildman–Crippen LogP) is 2.37. The minimum Gasteiger partial charge on any atom is -0.350 e. The van der Waals surface area contributed by atoms with Gasteiger partial charge in [-0.15, -0.1) is 0 Å². The van der Waals surface area contributed by atoms with Gasteiger partial charge in [-0.05, 0) is 49.1 Å². The zero-order chi connectivity index (χ0) is 22.2. The van der Waals surface area contributed by atoms with Crippen LogP contribution >= 0.6 is 0 Å². The molecule has 8 heteroatoms. The Labute approximate surface area is 183 Å². The molecule has 0 saturated carbocycles. The molecule has 0 aromatic heterocycles. The zero-order valence-electron chi connectivity index (χ0n) is 17.8. The molecule has 0 bridgehead atoms. The Bertz CT molecular complexity index is 1110. The third-order valence-electron chi connectivity index (χ3n) is 5.97. The lowest BCUT2D eigenvalue weighted by Gasteiger charge is -2.23. The van der Waals surface area contributed by atoms with E-state index in [0.717, 1.165) is 24.0 Å². The maximum atomic E-state index is 12.9. The average molecular weight is 442 g/mol. The maximum Gasteiger partial charge on any atom is 0.243 e. The van der Waals surface area contributed by atoms with Crippen LogP contribution in [0.2, 0.25) is 0 Å². The zero-order valence-corrected chi connectivity index (χ0v) is 18.6. The smallest absolute Gasteiger partial charge is 0.243 e. The first-order chi connectivity index (χ1) is 14.8. The molecule has 0 unspecified atom stereocenters. The number of aryl methyl sites for hydroxylation is 1. The van der Waals surface area contributed by atoms with Gasteiger partial charge in [-0.25, -0.2) is 8.42 Å². The van der Waals surface area contributed by atoms with E-state index in [0.29, 0.717) is 30.9 Å². The van der Waals surface area contributed by atoms with Crippen molar-refractivity contribution in [1.82, 2.24) is 9.62 Å². The van der Waals surface area contributed by atoms with Crippen LogP contribution in [0, 0.1) is 6.92 Å². The number of fused-ring (bicyclic) bond motifs is 1. The number of benzene rings is 2. The van der Waals surface area contributed by atoms with Gasteiger partial charge in [-0.1, -0.05) is 29.8 Å². The van der Waals surface area contributed by atoms with Crippen molar-refractivity contribution in [3.63, 3.8) is 0 Å². The summed E-state index contributed by atoms with van der Waals surface area (Å²) in [5.74, 6) is -0.500. The van der Waals surface area contributed by atoms with Gasteiger partial charge < -0.3 is 5.32 Å². The molecule has 164 valence electrons. The summed E-state index contributed by atoms with van der Waals surface area (Å²) in [7, 11) is -3.56. The molecule has 0 aliphatic carbocycles. The number of rotatable bonds is 5. The first kappa shape index (κ1) is 21.5. The van der Waals surface area contributed by atoms with Gasteiger partial charge in [0.1, 0.15) is 6.04 Å². The fourth-order valence-electron chi connectivity index (χ4n) is 4.28. The summed E-state index contributed by atoms with van der Waals surface area (Å²) in [5, 5.41) is 2.91. The highest BCUT2D eigenvalue weighted by molar-refractivity contribution is 7.89. The van der Waals surface area contributed by atoms with Crippen LogP contribution in [0.25, 0.3) is 0 Å². The van der Waals surface area contributed by atoms with Crippen molar-refractivity contribution in [2.45, 2.75) is 50.6 Å². The van der Waals surface area contributed by atoms with Crippen LogP contribution < -0.4 is 10.2 Å². The summed E-state index contributed by atoms with van der Waals surface area (Å²) in [6.07, 6.45) is 2.02. The van der Waals surface area contributed by atoms with E-state index >= 15 is 0 Å². The lowest BCUT2D eigenvalue weighted by molar-refractivity contribution is -0.125. The minimum absolute atomic E-state index is 0.220. The summed E-state index contributed by atoms with van der Waals surface area (Å²) < 4.78 is 27.3. The molecule has 2 aliphatic rings. The van der Waals surface area contributed by atoms with Crippen LogP contribution in [-0.4, -0.2) is 43.7 Å². The van der Waals surface area contributed by atoms with Crippen molar-refractivity contribution in [1.29, 1.82) is 0 Å². The van der Waals surface area contributed by atoms with Crippen molar-refractivity contribution in [3.8, 4) is 0 Å². The van der Waals surface area contributed by atoms with E-state index < -0.39 is 16.1 Å². The number of anilines is 1. The van der Waals surface area contributed by atoms with Gasteiger partial charge >= 0.3 is 0 Å². The third kappa shape index (κ3) is 4.22. The number of hydrogen-bond acceptors (Lipinski definition) is 4.